The Kier molecular flexibility index (Phi) is 3.47. The van der Waals surface area contributed by atoms with Gasteiger partial charge in [-0.05, 0) is 6.42 Å². The van der Waals surface area contributed by atoms with Crippen LogP contribution < -0.4 is 5.32 Å². The molecule has 0 aliphatic carbocycles. The predicted molar refractivity (Wildman–Crippen MR) is 44.6 cm³/mol. The predicted octanol–water partition coefficient (Wildman–Crippen LogP) is 0.166. The van der Waals surface area contributed by atoms with Crippen LogP contribution in [-0.4, -0.2) is 43.2 Å². The fraction of sp³-hybridized carbons (Fsp3) is 0.875. The van der Waals surface area contributed by atoms with E-state index in [-0.39, 0.29) is 12.6 Å². The normalized spacial score (nSPS) is 23.2. The standard InChI is InChI=1S/C8H15FN2O/c1-7(12)11-5-2-8(6-11)10-4-3-9/h8,10H,2-6H2,1H3. The Morgan fingerprint density at radius 3 is 3.00 bits per heavy atom. The number of likely N-dealkylation sites (tertiary alicyclic amines) is 1. The lowest BCUT2D eigenvalue weighted by Gasteiger charge is -2.14. The summed E-state index contributed by atoms with van der Waals surface area (Å²) in [4.78, 5) is 12.7. The zero-order valence-electron chi connectivity index (χ0n) is 7.35. The molecular weight excluding hydrogens is 159 g/mol. The summed E-state index contributed by atoms with van der Waals surface area (Å²) in [6.07, 6.45) is 0.944. The molecule has 4 heteroatoms. The van der Waals surface area contributed by atoms with Crippen LogP contribution in [0.15, 0.2) is 0 Å². The van der Waals surface area contributed by atoms with Crippen LogP contribution in [0.4, 0.5) is 4.39 Å². The molecule has 1 amide bonds. The first-order valence-electron chi connectivity index (χ1n) is 4.29. The summed E-state index contributed by atoms with van der Waals surface area (Å²) < 4.78 is 11.8. The number of nitrogens with zero attached hydrogens (tertiary/aromatic N) is 1. The molecule has 1 atom stereocenters. The third kappa shape index (κ3) is 2.44. The van der Waals surface area contributed by atoms with E-state index < -0.39 is 0 Å². The van der Waals surface area contributed by atoms with Gasteiger partial charge in [0, 0.05) is 32.6 Å². The average Bonchev–Trinajstić information content (AvgIpc) is 2.48. The summed E-state index contributed by atoms with van der Waals surface area (Å²) >= 11 is 0. The maximum atomic E-state index is 11.8. The molecule has 1 fully saturated rings. The van der Waals surface area contributed by atoms with E-state index in [0.717, 1.165) is 19.5 Å². The number of hydrogen-bond donors (Lipinski definition) is 1. The van der Waals surface area contributed by atoms with Crippen molar-refractivity contribution in [3.63, 3.8) is 0 Å². The fourth-order valence-corrected chi connectivity index (χ4v) is 1.47. The van der Waals surface area contributed by atoms with Crippen LogP contribution in [0, 0.1) is 0 Å². The first kappa shape index (κ1) is 9.45. The van der Waals surface area contributed by atoms with E-state index in [2.05, 4.69) is 5.32 Å². The molecule has 0 aromatic rings. The van der Waals surface area contributed by atoms with E-state index in [1.807, 2.05) is 0 Å². The molecule has 1 saturated heterocycles. The Morgan fingerprint density at radius 1 is 1.75 bits per heavy atom. The number of nitrogens with one attached hydrogen (secondary N) is 1. The zero-order valence-corrected chi connectivity index (χ0v) is 7.35. The van der Waals surface area contributed by atoms with Crippen LogP contribution in [0.25, 0.3) is 0 Å². The Labute approximate surface area is 71.9 Å². The van der Waals surface area contributed by atoms with E-state index in [0.29, 0.717) is 12.6 Å². The Balaban J connectivity index is 2.21. The van der Waals surface area contributed by atoms with Crippen LogP contribution in [0.2, 0.25) is 0 Å². The highest BCUT2D eigenvalue weighted by atomic mass is 19.1. The molecule has 1 aliphatic rings. The highest BCUT2D eigenvalue weighted by Gasteiger charge is 2.22. The van der Waals surface area contributed by atoms with Crippen molar-refractivity contribution in [2.24, 2.45) is 0 Å². The zero-order chi connectivity index (χ0) is 8.97. The van der Waals surface area contributed by atoms with Crippen molar-refractivity contribution >= 4 is 5.91 Å². The third-order valence-corrected chi connectivity index (χ3v) is 2.16. The molecule has 12 heavy (non-hydrogen) atoms. The molecule has 1 aliphatic heterocycles. The minimum absolute atomic E-state index is 0.111. The average molecular weight is 174 g/mol. The molecule has 1 heterocycles. The largest absolute Gasteiger partial charge is 0.341 e. The second kappa shape index (κ2) is 4.40. The molecule has 1 rings (SSSR count). The minimum atomic E-state index is -0.337. The monoisotopic (exact) mass is 174 g/mol. The van der Waals surface area contributed by atoms with Gasteiger partial charge in [-0.1, -0.05) is 0 Å². The molecule has 0 saturated carbocycles. The number of alkyl halides is 1. The third-order valence-electron chi connectivity index (χ3n) is 2.16. The number of rotatable bonds is 3. The molecule has 0 radical (unpaired) electrons. The first-order valence-corrected chi connectivity index (χ1v) is 4.29. The van der Waals surface area contributed by atoms with Gasteiger partial charge < -0.3 is 10.2 Å². The van der Waals surface area contributed by atoms with Gasteiger partial charge in [0.05, 0.1) is 0 Å². The van der Waals surface area contributed by atoms with Crippen molar-refractivity contribution in [1.29, 1.82) is 0 Å². The molecule has 1 unspecified atom stereocenters. The molecule has 1 N–H and O–H groups in total. The summed E-state index contributed by atoms with van der Waals surface area (Å²) in [5, 5.41) is 3.05. The second-order valence-corrected chi connectivity index (χ2v) is 3.09. The van der Waals surface area contributed by atoms with Gasteiger partial charge in [-0.3, -0.25) is 4.79 Å². The van der Waals surface area contributed by atoms with Gasteiger partial charge >= 0.3 is 0 Å². The first-order chi connectivity index (χ1) is 5.74. The smallest absolute Gasteiger partial charge is 0.219 e. The van der Waals surface area contributed by atoms with Gasteiger partial charge in [0.25, 0.3) is 0 Å². The molecule has 0 spiro atoms. The number of carbonyl (C=O) groups excluding carboxylic acids is 1. The van der Waals surface area contributed by atoms with Crippen molar-refractivity contribution in [3.8, 4) is 0 Å². The van der Waals surface area contributed by atoms with Crippen molar-refractivity contribution in [3.05, 3.63) is 0 Å². The summed E-state index contributed by atoms with van der Waals surface area (Å²) in [5.41, 5.74) is 0. The summed E-state index contributed by atoms with van der Waals surface area (Å²) in [6.45, 7) is 3.17. The molecule has 3 nitrogen and oxygen atoms in total. The Hall–Kier alpha value is -0.640. The molecule has 70 valence electrons. The van der Waals surface area contributed by atoms with Crippen molar-refractivity contribution in [2.45, 2.75) is 19.4 Å². The van der Waals surface area contributed by atoms with Crippen molar-refractivity contribution < 1.29 is 9.18 Å². The highest BCUT2D eigenvalue weighted by molar-refractivity contribution is 5.73. The van der Waals surface area contributed by atoms with Crippen LogP contribution in [0.3, 0.4) is 0 Å². The van der Waals surface area contributed by atoms with Gasteiger partial charge in [0.15, 0.2) is 0 Å². The minimum Gasteiger partial charge on any atom is -0.341 e. The summed E-state index contributed by atoms with van der Waals surface area (Å²) in [7, 11) is 0. The van der Waals surface area contributed by atoms with Crippen LogP contribution >= 0.6 is 0 Å². The molecular formula is C8H15FN2O. The fourth-order valence-electron chi connectivity index (χ4n) is 1.47. The van der Waals surface area contributed by atoms with Gasteiger partial charge in [-0.15, -0.1) is 0 Å². The van der Waals surface area contributed by atoms with Gasteiger partial charge in [0.2, 0.25) is 5.91 Å². The van der Waals surface area contributed by atoms with E-state index in [1.54, 1.807) is 11.8 Å². The Morgan fingerprint density at radius 2 is 2.50 bits per heavy atom. The summed E-state index contributed by atoms with van der Waals surface area (Å²) in [6, 6.07) is 0.296. The van der Waals surface area contributed by atoms with Gasteiger partial charge in [-0.2, -0.15) is 0 Å². The van der Waals surface area contributed by atoms with E-state index >= 15 is 0 Å². The van der Waals surface area contributed by atoms with Crippen LogP contribution in [0.5, 0.6) is 0 Å². The van der Waals surface area contributed by atoms with E-state index in [9.17, 15) is 9.18 Å². The van der Waals surface area contributed by atoms with Crippen LogP contribution in [0.1, 0.15) is 13.3 Å². The maximum Gasteiger partial charge on any atom is 0.219 e. The molecule has 0 bridgehead atoms. The molecule has 0 aromatic carbocycles. The maximum absolute atomic E-state index is 11.8. The van der Waals surface area contributed by atoms with Gasteiger partial charge in [-0.25, -0.2) is 4.39 Å². The van der Waals surface area contributed by atoms with Gasteiger partial charge in [0.1, 0.15) is 6.67 Å². The SMILES string of the molecule is CC(=O)N1CCC(NCCF)C1. The highest BCUT2D eigenvalue weighted by Crippen LogP contribution is 2.08. The topological polar surface area (TPSA) is 32.3 Å². The molecule has 0 aromatic heterocycles. The lowest BCUT2D eigenvalue weighted by atomic mass is 10.3. The number of hydrogen-bond acceptors (Lipinski definition) is 2. The Bertz CT molecular complexity index is 163. The van der Waals surface area contributed by atoms with Crippen molar-refractivity contribution in [1.82, 2.24) is 10.2 Å². The summed E-state index contributed by atoms with van der Waals surface area (Å²) in [5.74, 6) is 0.111. The van der Waals surface area contributed by atoms with Crippen molar-refractivity contribution in [2.75, 3.05) is 26.3 Å². The van der Waals surface area contributed by atoms with Crippen LogP contribution in [-0.2, 0) is 4.79 Å². The second-order valence-electron chi connectivity index (χ2n) is 3.09. The lowest BCUT2D eigenvalue weighted by molar-refractivity contribution is -0.127. The quantitative estimate of drug-likeness (QED) is 0.661. The van der Waals surface area contributed by atoms with E-state index in [1.165, 1.54) is 0 Å². The number of halogens is 1. The van der Waals surface area contributed by atoms with E-state index in [4.69, 9.17) is 0 Å². The number of amides is 1. The lowest BCUT2D eigenvalue weighted by Crippen LogP contribution is -2.35. The number of carbonyl (C=O) groups is 1.